The lowest BCUT2D eigenvalue weighted by molar-refractivity contribution is -0.138. The summed E-state index contributed by atoms with van der Waals surface area (Å²) in [5.74, 6) is -0.548. The Bertz CT molecular complexity index is 670. The van der Waals surface area contributed by atoms with E-state index >= 15 is 0 Å². The van der Waals surface area contributed by atoms with E-state index < -0.39 is 17.6 Å². The van der Waals surface area contributed by atoms with Gasteiger partial charge in [-0.2, -0.15) is 13.2 Å². The zero-order valence-electron chi connectivity index (χ0n) is 10.3. The fourth-order valence-electron chi connectivity index (χ4n) is 1.60. The summed E-state index contributed by atoms with van der Waals surface area (Å²) in [7, 11) is 0. The number of benzene rings is 1. The minimum absolute atomic E-state index is 0.0294. The zero-order valence-corrected chi connectivity index (χ0v) is 14.3. The Hall–Kier alpha value is -0.860. The SMILES string of the molecule is O=C(NCc1sccc1Br)c1ccc(Br)c(C(F)(F)F)c1. The number of alkyl halides is 3. The van der Waals surface area contributed by atoms with Crippen molar-refractivity contribution in [2.24, 2.45) is 0 Å². The van der Waals surface area contributed by atoms with Gasteiger partial charge in [-0.3, -0.25) is 4.79 Å². The van der Waals surface area contributed by atoms with Crippen LogP contribution in [0.2, 0.25) is 0 Å². The molecule has 0 aliphatic rings. The second kappa shape index (κ2) is 6.50. The molecule has 0 aliphatic heterocycles. The molecule has 0 radical (unpaired) electrons. The highest BCUT2D eigenvalue weighted by molar-refractivity contribution is 9.10. The molecule has 0 fully saturated rings. The molecule has 0 unspecified atom stereocenters. The lowest BCUT2D eigenvalue weighted by Gasteiger charge is -2.11. The summed E-state index contributed by atoms with van der Waals surface area (Å²) in [5, 5.41) is 4.45. The lowest BCUT2D eigenvalue weighted by atomic mass is 10.1. The van der Waals surface area contributed by atoms with E-state index in [0.717, 1.165) is 15.4 Å². The molecule has 1 aromatic carbocycles. The van der Waals surface area contributed by atoms with Crippen molar-refractivity contribution >= 4 is 49.1 Å². The van der Waals surface area contributed by atoms with Crippen molar-refractivity contribution in [1.29, 1.82) is 0 Å². The van der Waals surface area contributed by atoms with Gasteiger partial charge in [-0.15, -0.1) is 11.3 Å². The molecule has 1 N–H and O–H groups in total. The summed E-state index contributed by atoms with van der Waals surface area (Å²) >= 11 is 7.61. The Morgan fingerprint density at radius 2 is 1.90 bits per heavy atom. The number of carbonyl (C=O) groups is 1. The lowest BCUT2D eigenvalue weighted by Crippen LogP contribution is -2.23. The fourth-order valence-corrected chi connectivity index (χ4v) is 3.50. The highest BCUT2D eigenvalue weighted by Crippen LogP contribution is 2.35. The maximum atomic E-state index is 12.8. The summed E-state index contributed by atoms with van der Waals surface area (Å²) in [6.07, 6.45) is -4.51. The summed E-state index contributed by atoms with van der Waals surface area (Å²) in [4.78, 5) is 12.8. The molecule has 8 heteroatoms. The van der Waals surface area contributed by atoms with Crippen molar-refractivity contribution in [2.45, 2.75) is 12.7 Å². The van der Waals surface area contributed by atoms with Gasteiger partial charge in [-0.25, -0.2) is 0 Å². The van der Waals surface area contributed by atoms with Crippen LogP contribution in [0.3, 0.4) is 0 Å². The average Bonchev–Trinajstić information content (AvgIpc) is 2.80. The molecule has 1 heterocycles. The Kier molecular flexibility index (Phi) is 5.11. The van der Waals surface area contributed by atoms with Gasteiger partial charge >= 0.3 is 6.18 Å². The Morgan fingerprint density at radius 1 is 1.19 bits per heavy atom. The fraction of sp³-hybridized carbons (Fsp3) is 0.154. The average molecular weight is 443 g/mol. The smallest absolute Gasteiger partial charge is 0.347 e. The van der Waals surface area contributed by atoms with Crippen LogP contribution < -0.4 is 5.32 Å². The van der Waals surface area contributed by atoms with E-state index in [1.165, 1.54) is 23.5 Å². The van der Waals surface area contributed by atoms with Crippen molar-refractivity contribution in [3.05, 3.63) is 54.6 Å². The van der Waals surface area contributed by atoms with Crippen molar-refractivity contribution in [3.63, 3.8) is 0 Å². The molecule has 0 atom stereocenters. The van der Waals surface area contributed by atoms with Crippen LogP contribution in [0.1, 0.15) is 20.8 Å². The van der Waals surface area contributed by atoms with Crippen molar-refractivity contribution in [2.75, 3.05) is 0 Å². The first-order valence-corrected chi connectivity index (χ1v) is 8.12. The van der Waals surface area contributed by atoms with Crippen LogP contribution in [0.25, 0.3) is 0 Å². The maximum Gasteiger partial charge on any atom is 0.417 e. The zero-order chi connectivity index (χ0) is 15.6. The third kappa shape index (κ3) is 4.08. The molecule has 0 aliphatic carbocycles. The number of amides is 1. The summed E-state index contributed by atoms with van der Waals surface area (Å²) in [6.45, 7) is 0.258. The van der Waals surface area contributed by atoms with E-state index in [4.69, 9.17) is 0 Å². The van der Waals surface area contributed by atoms with Crippen LogP contribution in [0.4, 0.5) is 13.2 Å². The first kappa shape index (κ1) is 16.5. The predicted octanol–water partition coefficient (Wildman–Crippen LogP) is 5.22. The quantitative estimate of drug-likeness (QED) is 0.693. The van der Waals surface area contributed by atoms with Crippen molar-refractivity contribution < 1.29 is 18.0 Å². The molecule has 1 amide bonds. The predicted molar refractivity (Wildman–Crippen MR) is 82.3 cm³/mol. The topological polar surface area (TPSA) is 29.1 Å². The highest BCUT2D eigenvalue weighted by atomic mass is 79.9. The van der Waals surface area contributed by atoms with Gasteiger partial charge in [0, 0.05) is 19.4 Å². The van der Waals surface area contributed by atoms with Gasteiger partial charge in [0.05, 0.1) is 12.1 Å². The molecule has 0 spiro atoms. The van der Waals surface area contributed by atoms with E-state index in [1.807, 2.05) is 11.4 Å². The number of nitrogens with one attached hydrogen (secondary N) is 1. The molecule has 2 rings (SSSR count). The van der Waals surface area contributed by atoms with E-state index in [9.17, 15) is 18.0 Å². The van der Waals surface area contributed by atoms with Crippen molar-refractivity contribution in [3.8, 4) is 0 Å². The third-order valence-electron chi connectivity index (χ3n) is 2.63. The van der Waals surface area contributed by atoms with E-state index in [-0.39, 0.29) is 16.6 Å². The molecular formula is C13H8Br2F3NOS. The summed E-state index contributed by atoms with van der Waals surface area (Å²) < 4.78 is 39.1. The van der Waals surface area contributed by atoms with E-state index in [2.05, 4.69) is 37.2 Å². The Morgan fingerprint density at radius 3 is 2.48 bits per heavy atom. The van der Waals surface area contributed by atoms with Gasteiger partial charge in [0.2, 0.25) is 0 Å². The molecule has 0 saturated carbocycles. The van der Waals surface area contributed by atoms with Crippen molar-refractivity contribution in [1.82, 2.24) is 5.32 Å². The Labute approximate surface area is 139 Å². The molecule has 21 heavy (non-hydrogen) atoms. The van der Waals surface area contributed by atoms with Gasteiger partial charge in [0.25, 0.3) is 5.91 Å². The van der Waals surface area contributed by atoms with E-state index in [1.54, 1.807) is 0 Å². The molecule has 0 saturated heterocycles. The van der Waals surface area contributed by atoms with Gasteiger partial charge in [0.15, 0.2) is 0 Å². The molecule has 2 aromatic rings. The van der Waals surface area contributed by atoms with Crippen LogP contribution >= 0.6 is 43.2 Å². The number of hydrogen-bond acceptors (Lipinski definition) is 2. The summed E-state index contributed by atoms with van der Waals surface area (Å²) in [6, 6.07) is 5.24. The number of thiophene rings is 1. The molecule has 2 nitrogen and oxygen atoms in total. The van der Waals surface area contributed by atoms with Gasteiger partial charge in [-0.1, -0.05) is 15.9 Å². The number of rotatable bonds is 3. The van der Waals surface area contributed by atoms with Crippen LogP contribution in [0, 0.1) is 0 Å². The van der Waals surface area contributed by atoms with Crippen LogP contribution in [-0.2, 0) is 12.7 Å². The number of carbonyl (C=O) groups excluding carboxylic acids is 1. The largest absolute Gasteiger partial charge is 0.417 e. The Balaban J connectivity index is 2.15. The normalized spacial score (nSPS) is 11.5. The maximum absolute atomic E-state index is 12.8. The van der Waals surface area contributed by atoms with Crippen LogP contribution in [-0.4, -0.2) is 5.91 Å². The van der Waals surface area contributed by atoms with Gasteiger partial charge in [0.1, 0.15) is 0 Å². The minimum Gasteiger partial charge on any atom is -0.347 e. The molecular weight excluding hydrogens is 435 g/mol. The number of halogens is 5. The first-order chi connectivity index (χ1) is 9.79. The van der Waals surface area contributed by atoms with Crippen LogP contribution in [0.5, 0.6) is 0 Å². The van der Waals surface area contributed by atoms with Gasteiger partial charge < -0.3 is 5.32 Å². The first-order valence-electron chi connectivity index (χ1n) is 5.66. The summed E-state index contributed by atoms with van der Waals surface area (Å²) in [5.41, 5.74) is -0.898. The van der Waals surface area contributed by atoms with Crippen LogP contribution in [0.15, 0.2) is 38.6 Å². The van der Waals surface area contributed by atoms with Gasteiger partial charge in [-0.05, 0) is 45.6 Å². The minimum atomic E-state index is -4.51. The third-order valence-corrected chi connectivity index (χ3v) is 5.25. The standard InChI is InChI=1S/C13H8Br2F3NOS/c14-9-2-1-7(5-8(9)13(16,17)18)12(20)19-6-11-10(15)3-4-21-11/h1-5H,6H2,(H,19,20). The molecule has 1 aromatic heterocycles. The molecule has 0 bridgehead atoms. The number of hydrogen-bond donors (Lipinski definition) is 1. The highest BCUT2D eigenvalue weighted by Gasteiger charge is 2.33. The molecule has 112 valence electrons. The monoisotopic (exact) mass is 441 g/mol. The van der Waals surface area contributed by atoms with E-state index in [0.29, 0.717) is 0 Å². The second-order valence-electron chi connectivity index (χ2n) is 4.07. The second-order valence-corrected chi connectivity index (χ2v) is 6.78.